The van der Waals surface area contributed by atoms with E-state index < -0.39 is 0 Å². The van der Waals surface area contributed by atoms with E-state index in [4.69, 9.17) is 4.74 Å². The normalized spacial score (nSPS) is 11.1. The summed E-state index contributed by atoms with van der Waals surface area (Å²) >= 11 is 0. The third-order valence-electron chi connectivity index (χ3n) is 8.24. The molecule has 6 nitrogen and oxygen atoms in total. The molecule has 43 heavy (non-hydrogen) atoms. The van der Waals surface area contributed by atoms with Crippen molar-refractivity contribution in [2.24, 2.45) is 0 Å². The summed E-state index contributed by atoms with van der Waals surface area (Å²) in [4.78, 5) is 34.2. The lowest BCUT2D eigenvalue weighted by Gasteiger charge is -2.28. The Labute approximate surface area is 260 Å². The van der Waals surface area contributed by atoms with Crippen LogP contribution in [0.25, 0.3) is 10.9 Å². The highest BCUT2D eigenvalue weighted by Crippen LogP contribution is 2.20. The molecule has 0 saturated heterocycles. The molecule has 6 heteroatoms. The standard InChI is InChI=1S/C37H55N3O3/c1-4-7-9-10-11-12-13-14-15-20-36(41)39(26-8-5-2)30-37(42)40(29-31-21-23-33(24-22-31)43-6-3)27-25-32-28-38-35-19-17-16-18-34(32)35/h16-19,21-24,28,38H,4-15,20,25-27,29-30H2,1-3H3. The van der Waals surface area contributed by atoms with Gasteiger partial charge in [0.25, 0.3) is 0 Å². The molecule has 1 N–H and O–H groups in total. The number of amides is 2. The molecule has 0 atom stereocenters. The van der Waals surface area contributed by atoms with Crippen LogP contribution in [0.15, 0.2) is 54.7 Å². The van der Waals surface area contributed by atoms with E-state index in [1.807, 2.05) is 59.3 Å². The van der Waals surface area contributed by atoms with Gasteiger partial charge in [-0.15, -0.1) is 0 Å². The van der Waals surface area contributed by atoms with Crippen molar-refractivity contribution in [3.05, 3.63) is 65.9 Å². The zero-order chi connectivity index (χ0) is 30.7. The number of hydrogen-bond acceptors (Lipinski definition) is 3. The van der Waals surface area contributed by atoms with Crippen LogP contribution in [0.1, 0.15) is 109 Å². The van der Waals surface area contributed by atoms with E-state index in [0.29, 0.717) is 32.7 Å². The predicted molar refractivity (Wildman–Crippen MR) is 178 cm³/mol. The summed E-state index contributed by atoms with van der Waals surface area (Å²) in [7, 11) is 0. The summed E-state index contributed by atoms with van der Waals surface area (Å²) in [6.45, 7) is 8.83. The molecule has 0 spiro atoms. The Morgan fingerprint density at radius 3 is 2.09 bits per heavy atom. The Morgan fingerprint density at radius 2 is 1.40 bits per heavy atom. The number of para-hydroxylation sites is 1. The van der Waals surface area contributed by atoms with Gasteiger partial charge in [-0.1, -0.05) is 102 Å². The van der Waals surface area contributed by atoms with Crippen molar-refractivity contribution < 1.29 is 14.3 Å². The molecule has 0 unspecified atom stereocenters. The Kier molecular flexibility index (Phi) is 15.8. The number of fused-ring (bicyclic) bond motifs is 1. The quantitative estimate of drug-likeness (QED) is 0.119. The Bertz CT molecular complexity index is 1200. The van der Waals surface area contributed by atoms with E-state index in [2.05, 4.69) is 31.0 Å². The van der Waals surface area contributed by atoms with E-state index in [1.165, 1.54) is 55.9 Å². The van der Waals surface area contributed by atoms with E-state index in [0.717, 1.165) is 48.9 Å². The van der Waals surface area contributed by atoms with Crippen LogP contribution in [-0.4, -0.2) is 52.8 Å². The molecule has 3 rings (SSSR count). The molecule has 0 aliphatic heterocycles. The van der Waals surface area contributed by atoms with Crippen LogP contribution in [0.4, 0.5) is 0 Å². The number of H-pyrrole nitrogens is 1. The smallest absolute Gasteiger partial charge is 0.242 e. The molecule has 0 saturated carbocycles. The van der Waals surface area contributed by atoms with Gasteiger partial charge in [-0.3, -0.25) is 9.59 Å². The van der Waals surface area contributed by atoms with Crippen molar-refractivity contribution in [3.8, 4) is 5.75 Å². The van der Waals surface area contributed by atoms with Crippen LogP contribution in [0.5, 0.6) is 5.75 Å². The average molecular weight is 590 g/mol. The van der Waals surface area contributed by atoms with E-state index >= 15 is 0 Å². The number of nitrogens with one attached hydrogen (secondary N) is 1. The lowest BCUT2D eigenvalue weighted by molar-refractivity contribution is -0.141. The second kappa shape index (κ2) is 19.8. The van der Waals surface area contributed by atoms with Gasteiger partial charge in [-0.2, -0.15) is 0 Å². The van der Waals surface area contributed by atoms with Gasteiger partial charge in [0.2, 0.25) is 11.8 Å². The van der Waals surface area contributed by atoms with Gasteiger partial charge in [-0.05, 0) is 55.5 Å². The summed E-state index contributed by atoms with van der Waals surface area (Å²) in [5.41, 5.74) is 3.36. The van der Waals surface area contributed by atoms with Crippen molar-refractivity contribution in [2.75, 3.05) is 26.2 Å². The average Bonchev–Trinajstić information content (AvgIpc) is 3.44. The van der Waals surface area contributed by atoms with Crippen LogP contribution in [0.3, 0.4) is 0 Å². The third kappa shape index (κ3) is 12.1. The Balaban J connectivity index is 1.61. The first kappa shape index (κ1) is 34.2. The molecule has 236 valence electrons. The summed E-state index contributed by atoms with van der Waals surface area (Å²) in [6, 6.07) is 16.3. The molecular weight excluding hydrogens is 534 g/mol. The van der Waals surface area contributed by atoms with Gasteiger partial charge in [0, 0.05) is 43.2 Å². The molecule has 0 bridgehead atoms. The maximum atomic E-state index is 13.8. The minimum absolute atomic E-state index is 0.00487. The fourth-order valence-electron chi connectivity index (χ4n) is 5.61. The molecular formula is C37H55N3O3. The number of unbranched alkanes of at least 4 members (excludes halogenated alkanes) is 9. The highest BCUT2D eigenvalue weighted by molar-refractivity contribution is 5.85. The van der Waals surface area contributed by atoms with E-state index in [1.54, 1.807) is 0 Å². The fraction of sp³-hybridized carbons (Fsp3) is 0.568. The summed E-state index contributed by atoms with van der Waals surface area (Å²) in [6.07, 6.45) is 16.2. The second-order valence-corrected chi connectivity index (χ2v) is 11.7. The first-order chi connectivity index (χ1) is 21.0. The van der Waals surface area contributed by atoms with Crippen LogP contribution in [0.2, 0.25) is 0 Å². The van der Waals surface area contributed by atoms with Crippen molar-refractivity contribution >= 4 is 22.7 Å². The second-order valence-electron chi connectivity index (χ2n) is 11.7. The minimum Gasteiger partial charge on any atom is -0.494 e. The highest BCUT2D eigenvalue weighted by Gasteiger charge is 2.21. The number of carbonyl (C=O) groups excluding carboxylic acids is 2. The minimum atomic E-state index is 0.00487. The van der Waals surface area contributed by atoms with Crippen molar-refractivity contribution in [1.82, 2.24) is 14.8 Å². The molecule has 1 aromatic heterocycles. The van der Waals surface area contributed by atoms with Gasteiger partial charge >= 0.3 is 0 Å². The molecule has 1 heterocycles. The number of nitrogens with zero attached hydrogens (tertiary/aromatic N) is 2. The van der Waals surface area contributed by atoms with Crippen molar-refractivity contribution in [3.63, 3.8) is 0 Å². The molecule has 0 aliphatic carbocycles. The predicted octanol–water partition coefficient (Wildman–Crippen LogP) is 8.69. The SMILES string of the molecule is CCCCCCCCCCCC(=O)N(CCCC)CC(=O)N(CCc1c[nH]c2ccccc12)Cc1ccc(OCC)cc1. The molecule has 2 amide bonds. The zero-order valence-corrected chi connectivity index (χ0v) is 27.0. The number of ether oxygens (including phenoxy) is 1. The van der Waals surface area contributed by atoms with Gasteiger partial charge < -0.3 is 19.5 Å². The Hall–Kier alpha value is -3.28. The van der Waals surface area contributed by atoms with E-state index in [9.17, 15) is 9.59 Å². The van der Waals surface area contributed by atoms with Crippen LogP contribution in [0, 0.1) is 0 Å². The fourth-order valence-corrected chi connectivity index (χ4v) is 5.61. The van der Waals surface area contributed by atoms with Crippen molar-refractivity contribution in [2.45, 2.75) is 111 Å². The molecule has 0 aliphatic rings. The number of aromatic amines is 1. The first-order valence-corrected chi connectivity index (χ1v) is 16.9. The molecule has 3 aromatic rings. The molecule has 0 fully saturated rings. The van der Waals surface area contributed by atoms with Gasteiger partial charge in [0.1, 0.15) is 5.75 Å². The van der Waals surface area contributed by atoms with E-state index in [-0.39, 0.29) is 18.4 Å². The summed E-state index contributed by atoms with van der Waals surface area (Å²) in [5.74, 6) is 0.948. The number of rotatable bonds is 22. The summed E-state index contributed by atoms with van der Waals surface area (Å²) in [5, 5.41) is 1.19. The van der Waals surface area contributed by atoms with Crippen molar-refractivity contribution in [1.29, 1.82) is 0 Å². The van der Waals surface area contributed by atoms with Gasteiger partial charge in [0.15, 0.2) is 0 Å². The largest absolute Gasteiger partial charge is 0.494 e. The molecule has 2 aromatic carbocycles. The first-order valence-electron chi connectivity index (χ1n) is 16.9. The number of hydrogen-bond donors (Lipinski definition) is 1. The zero-order valence-electron chi connectivity index (χ0n) is 27.0. The molecule has 0 radical (unpaired) electrons. The monoisotopic (exact) mass is 589 g/mol. The number of benzene rings is 2. The maximum absolute atomic E-state index is 13.8. The van der Waals surface area contributed by atoms with Crippen LogP contribution < -0.4 is 4.74 Å². The lowest BCUT2D eigenvalue weighted by Crippen LogP contribution is -2.43. The Morgan fingerprint density at radius 1 is 0.721 bits per heavy atom. The topological polar surface area (TPSA) is 65.6 Å². The highest BCUT2D eigenvalue weighted by atomic mass is 16.5. The maximum Gasteiger partial charge on any atom is 0.242 e. The lowest BCUT2D eigenvalue weighted by atomic mass is 10.1. The van der Waals surface area contributed by atoms with Crippen LogP contribution >= 0.6 is 0 Å². The summed E-state index contributed by atoms with van der Waals surface area (Å²) < 4.78 is 5.61. The van der Waals surface area contributed by atoms with Crippen LogP contribution in [-0.2, 0) is 22.6 Å². The number of aromatic nitrogens is 1. The number of carbonyl (C=O) groups is 2. The van der Waals surface area contributed by atoms with Gasteiger partial charge in [-0.25, -0.2) is 0 Å². The third-order valence-corrected chi connectivity index (χ3v) is 8.24. The van der Waals surface area contributed by atoms with Gasteiger partial charge in [0.05, 0.1) is 13.2 Å².